The minimum absolute atomic E-state index is 0.333. The van der Waals surface area contributed by atoms with Crippen LogP contribution in [-0.4, -0.2) is 17.8 Å². The molecule has 1 aliphatic heterocycles. The van der Waals surface area contributed by atoms with Crippen LogP contribution in [-0.2, 0) is 4.79 Å². The number of imide groups is 1. The van der Waals surface area contributed by atoms with Crippen molar-refractivity contribution in [3.8, 4) is 5.75 Å². The van der Waals surface area contributed by atoms with E-state index in [2.05, 4.69) is 6.58 Å². The second-order valence-corrected chi connectivity index (χ2v) is 6.56. The molecule has 2 aromatic carbocycles. The summed E-state index contributed by atoms with van der Waals surface area (Å²) in [5.41, 5.74) is 1.18. The van der Waals surface area contributed by atoms with Crippen LogP contribution < -0.4 is 9.64 Å². The summed E-state index contributed by atoms with van der Waals surface area (Å²) in [6.07, 6.45) is 3.30. The molecular formula is C19H14ClNO3S. The van der Waals surface area contributed by atoms with Gasteiger partial charge in [-0.25, -0.2) is 4.90 Å². The first-order chi connectivity index (χ1) is 12.1. The fourth-order valence-electron chi connectivity index (χ4n) is 2.33. The highest BCUT2D eigenvalue weighted by Gasteiger charge is 2.36. The lowest BCUT2D eigenvalue weighted by atomic mass is 10.2. The van der Waals surface area contributed by atoms with Crippen LogP contribution in [0.25, 0.3) is 6.08 Å². The molecule has 126 valence electrons. The number of carbonyl (C=O) groups is 2. The SMILES string of the molecule is C=CCOc1ccccc1/C=C1\SC(=O)N(c2cccc(Cl)c2)C1=O. The summed E-state index contributed by atoms with van der Waals surface area (Å²) in [5.74, 6) is 0.243. The number of nitrogens with zero attached hydrogens (tertiary/aromatic N) is 1. The Bertz CT molecular complexity index is 878. The number of para-hydroxylation sites is 1. The molecule has 4 nitrogen and oxygen atoms in total. The average Bonchev–Trinajstić information content (AvgIpc) is 2.88. The van der Waals surface area contributed by atoms with Gasteiger partial charge >= 0.3 is 0 Å². The van der Waals surface area contributed by atoms with Gasteiger partial charge in [-0.3, -0.25) is 9.59 Å². The Balaban J connectivity index is 1.92. The van der Waals surface area contributed by atoms with Gasteiger partial charge in [0, 0.05) is 10.6 Å². The van der Waals surface area contributed by atoms with Gasteiger partial charge in [0.15, 0.2) is 0 Å². The zero-order chi connectivity index (χ0) is 17.8. The van der Waals surface area contributed by atoms with Crippen molar-refractivity contribution in [3.05, 3.63) is 76.7 Å². The second kappa shape index (κ2) is 7.59. The molecule has 3 rings (SSSR count). The third kappa shape index (κ3) is 3.78. The lowest BCUT2D eigenvalue weighted by molar-refractivity contribution is -0.113. The molecule has 1 fully saturated rings. The average molecular weight is 372 g/mol. The third-order valence-electron chi connectivity index (χ3n) is 3.42. The van der Waals surface area contributed by atoms with Crippen molar-refractivity contribution < 1.29 is 14.3 Å². The predicted molar refractivity (Wildman–Crippen MR) is 102 cm³/mol. The highest BCUT2D eigenvalue weighted by atomic mass is 35.5. The highest BCUT2D eigenvalue weighted by molar-refractivity contribution is 8.19. The van der Waals surface area contributed by atoms with Gasteiger partial charge in [0.05, 0.1) is 10.6 Å². The van der Waals surface area contributed by atoms with Crippen LogP contribution in [0, 0.1) is 0 Å². The van der Waals surface area contributed by atoms with Gasteiger partial charge in [-0.05, 0) is 42.1 Å². The zero-order valence-electron chi connectivity index (χ0n) is 13.1. The van der Waals surface area contributed by atoms with Crippen molar-refractivity contribution in [2.45, 2.75) is 0 Å². The Morgan fingerprint density at radius 2 is 1.96 bits per heavy atom. The van der Waals surface area contributed by atoms with Crippen molar-refractivity contribution in [1.82, 2.24) is 0 Å². The fourth-order valence-corrected chi connectivity index (χ4v) is 3.34. The number of benzene rings is 2. The number of ether oxygens (including phenoxy) is 1. The van der Waals surface area contributed by atoms with Crippen molar-refractivity contribution in [2.75, 3.05) is 11.5 Å². The molecule has 1 saturated heterocycles. The van der Waals surface area contributed by atoms with Gasteiger partial charge in [-0.15, -0.1) is 0 Å². The molecular weight excluding hydrogens is 358 g/mol. The standard InChI is InChI=1S/C19H14ClNO3S/c1-2-10-24-16-9-4-3-6-13(16)11-17-18(22)21(19(23)25-17)15-8-5-7-14(20)12-15/h2-9,11-12H,1,10H2/b17-11-. The Morgan fingerprint density at radius 1 is 1.16 bits per heavy atom. The lowest BCUT2D eigenvalue weighted by Gasteiger charge is -2.12. The molecule has 0 saturated carbocycles. The molecule has 2 aromatic rings. The van der Waals surface area contributed by atoms with Gasteiger partial charge in [0.1, 0.15) is 12.4 Å². The number of rotatable bonds is 5. The van der Waals surface area contributed by atoms with Gasteiger partial charge < -0.3 is 4.74 Å². The molecule has 0 aliphatic carbocycles. The normalized spacial score (nSPS) is 15.7. The van der Waals surface area contributed by atoms with Gasteiger partial charge in [0.2, 0.25) is 0 Å². The van der Waals surface area contributed by atoms with E-state index in [-0.39, 0.29) is 11.1 Å². The number of hydrogen-bond acceptors (Lipinski definition) is 4. The summed E-state index contributed by atoms with van der Waals surface area (Å²) < 4.78 is 5.59. The van der Waals surface area contributed by atoms with Crippen LogP contribution in [0.4, 0.5) is 10.5 Å². The maximum Gasteiger partial charge on any atom is 0.298 e. The van der Waals surface area contributed by atoms with Crippen LogP contribution >= 0.6 is 23.4 Å². The van der Waals surface area contributed by atoms with Crippen LogP contribution in [0.1, 0.15) is 5.56 Å². The first kappa shape index (κ1) is 17.3. The van der Waals surface area contributed by atoms with Crippen molar-refractivity contribution in [1.29, 1.82) is 0 Å². The van der Waals surface area contributed by atoms with Crippen molar-refractivity contribution in [3.63, 3.8) is 0 Å². The Morgan fingerprint density at radius 3 is 2.72 bits per heavy atom. The van der Waals surface area contributed by atoms with Crippen LogP contribution in [0.5, 0.6) is 5.75 Å². The number of anilines is 1. The Labute approximate surface area is 154 Å². The Kier molecular flexibility index (Phi) is 5.26. The molecule has 1 heterocycles. The van der Waals surface area contributed by atoms with E-state index in [1.54, 1.807) is 42.5 Å². The minimum Gasteiger partial charge on any atom is -0.489 e. The Hall–Kier alpha value is -2.50. The van der Waals surface area contributed by atoms with E-state index in [0.29, 0.717) is 28.0 Å². The molecule has 0 unspecified atom stereocenters. The third-order valence-corrected chi connectivity index (χ3v) is 4.53. The summed E-state index contributed by atoms with van der Waals surface area (Å²) in [6, 6.07) is 14.0. The maximum atomic E-state index is 12.7. The second-order valence-electron chi connectivity index (χ2n) is 5.13. The summed E-state index contributed by atoms with van der Waals surface area (Å²) in [7, 11) is 0. The number of halogens is 1. The van der Waals surface area contributed by atoms with E-state index in [1.165, 1.54) is 0 Å². The molecule has 6 heteroatoms. The maximum absolute atomic E-state index is 12.7. The van der Waals surface area contributed by atoms with E-state index < -0.39 is 0 Å². The van der Waals surface area contributed by atoms with Crippen molar-refractivity contribution >= 4 is 46.3 Å². The number of thioether (sulfide) groups is 1. The van der Waals surface area contributed by atoms with E-state index >= 15 is 0 Å². The number of hydrogen-bond donors (Lipinski definition) is 0. The van der Waals surface area contributed by atoms with E-state index in [1.807, 2.05) is 18.2 Å². The monoisotopic (exact) mass is 371 g/mol. The highest BCUT2D eigenvalue weighted by Crippen LogP contribution is 2.37. The molecule has 0 atom stereocenters. The molecule has 0 N–H and O–H groups in total. The molecule has 0 aromatic heterocycles. The summed E-state index contributed by atoms with van der Waals surface area (Å²) in [6.45, 7) is 3.98. The lowest BCUT2D eigenvalue weighted by Crippen LogP contribution is -2.27. The largest absolute Gasteiger partial charge is 0.489 e. The smallest absolute Gasteiger partial charge is 0.298 e. The zero-order valence-corrected chi connectivity index (χ0v) is 14.7. The predicted octanol–water partition coefficient (Wildman–Crippen LogP) is 5.15. The molecule has 0 bridgehead atoms. The molecule has 1 aliphatic rings. The molecule has 0 spiro atoms. The van der Waals surface area contributed by atoms with Crippen molar-refractivity contribution in [2.24, 2.45) is 0 Å². The van der Waals surface area contributed by atoms with Crippen LogP contribution in [0.2, 0.25) is 5.02 Å². The summed E-state index contributed by atoms with van der Waals surface area (Å²) in [5, 5.41) is 0.103. The number of carbonyl (C=O) groups excluding carboxylic acids is 2. The summed E-state index contributed by atoms with van der Waals surface area (Å²) >= 11 is 6.85. The first-order valence-electron chi connectivity index (χ1n) is 7.46. The van der Waals surface area contributed by atoms with Gasteiger partial charge in [0.25, 0.3) is 11.1 Å². The van der Waals surface area contributed by atoms with E-state index in [9.17, 15) is 9.59 Å². The number of amides is 2. The van der Waals surface area contributed by atoms with E-state index in [4.69, 9.17) is 16.3 Å². The summed E-state index contributed by atoms with van der Waals surface area (Å²) in [4.78, 5) is 26.4. The topological polar surface area (TPSA) is 46.6 Å². The molecule has 2 amide bonds. The van der Waals surface area contributed by atoms with E-state index in [0.717, 1.165) is 22.2 Å². The molecule has 25 heavy (non-hydrogen) atoms. The van der Waals surface area contributed by atoms with Crippen LogP contribution in [0.3, 0.4) is 0 Å². The van der Waals surface area contributed by atoms with Crippen LogP contribution in [0.15, 0.2) is 66.1 Å². The minimum atomic E-state index is -0.379. The fraction of sp³-hybridized carbons (Fsp3) is 0.0526. The first-order valence-corrected chi connectivity index (χ1v) is 8.66. The van der Waals surface area contributed by atoms with Gasteiger partial charge in [-0.1, -0.05) is 48.5 Å². The quantitative estimate of drug-likeness (QED) is 0.539. The molecule has 0 radical (unpaired) electrons. The van der Waals surface area contributed by atoms with Gasteiger partial charge in [-0.2, -0.15) is 0 Å².